The fraction of sp³-hybridized carbons (Fsp3) is 0.312. The number of nitrogens with zero attached hydrogens (tertiary/aromatic N) is 3. The molecule has 5 heteroatoms. The number of thiazole rings is 1. The SMILES string of the molecule is Cc1cn(-c2ccc(C#N)cc2)/c(=N/C(=O)C(C)(C)C)s1. The van der Waals surface area contributed by atoms with Crippen molar-refractivity contribution in [3.05, 3.63) is 45.7 Å². The number of rotatable bonds is 1. The van der Waals surface area contributed by atoms with Crippen LogP contribution in [-0.2, 0) is 4.79 Å². The van der Waals surface area contributed by atoms with Gasteiger partial charge in [0.05, 0.1) is 11.6 Å². The molecule has 0 bridgehead atoms. The second-order valence-electron chi connectivity index (χ2n) is 5.82. The molecule has 0 saturated heterocycles. The molecule has 1 heterocycles. The van der Waals surface area contributed by atoms with Gasteiger partial charge < -0.3 is 0 Å². The summed E-state index contributed by atoms with van der Waals surface area (Å²) < 4.78 is 1.88. The molecule has 0 fully saturated rings. The van der Waals surface area contributed by atoms with Crippen LogP contribution in [0.5, 0.6) is 0 Å². The maximum atomic E-state index is 12.1. The lowest BCUT2D eigenvalue weighted by Crippen LogP contribution is -2.22. The molecule has 0 N–H and O–H groups in total. The number of carbonyl (C=O) groups excluding carboxylic acids is 1. The summed E-state index contributed by atoms with van der Waals surface area (Å²) in [5.74, 6) is -0.147. The van der Waals surface area contributed by atoms with Gasteiger partial charge in [-0.15, -0.1) is 11.3 Å². The third-order valence-corrected chi connectivity index (χ3v) is 3.78. The molecule has 1 aromatic carbocycles. The zero-order valence-electron chi connectivity index (χ0n) is 12.5. The smallest absolute Gasteiger partial charge is 0.253 e. The summed E-state index contributed by atoms with van der Waals surface area (Å²) in [6, 6.07) is 9.31. The van der Waals surface area contributed by atoms with E-state index < -0.39 is 5.41 Å². The number of amides is 1. The lowest BCUT2D eigenvalue weighted by molar-refractivity contribution is -0.125. The second kappa shape index (κ2) is 5.66. The van der Waals surface area contributed by atoms with Gasteiger partial charge in [0.15, 0.2) is 4.80 Å². The van der Waals surface area contributed by atoms with Crippen molar-refractivity contribution in [2.75, 3.05) is 0 Å². The number of hydrogen-bond acceptors (Lipinski definition) is 3. The number of benzene rings is 1. The number of aryl methyl sites for hydroxylation is 1. The number of aromatic nitrogens is 1. The van der Waals surface area contributed by atoms with Crippen molar-refractivity contribution in [3.8, 4) is 11.8 Å². The van der Waals surface area contributed by atoms with Crippen LogP contribution in [0.4, 0.5) is 0 Å². The van der Waals surface area contributed by atoms with E-state index in [4.69, 9.17) is 5.26 Å². The zero-order chi connectivity index (χ0) is 15.6. The van der Waals surface area contributed by atoms with Crippen molar-refractivity contribution < 1.29 is 4.79 Å². The Hall–Kier alpha value is -2.19. The molecule has 108 valence electrons. The molecule has 0 aliphatic carbocycles. The van der Waals surface area contributed by atoms with Crippen LogP contribution in [0.25, 0.3) is 5.69 Å². The van der Waals surface area contributed by atoms with Crippen molar-refractivity contribution in [2.45, 2.75) is 27.7 Å². The van der Waals surface area contributed by atoms with Crippen molar-refractivity contribution in [2.24, 2.45) is 10.4 Å². The summed E-state index contributed by atoms with van der Waals surface area (Å²) in [6.07, 6.45) is 1.95. The standard InChI is InChI=1S/C16H17N3OS/c1-11-10-19(13-7-5-12(9-17)6-8-13)15(21-11)18-14(20)16(2,3)4/h5-8,10H,1-4H3/b18-15-. The lowest BCUT2D eigenvalue weighted by Gasteiger charge is -2.11. The fourth-order valence-corrected chi connectivity index (χ4v) is 2.50. The predicted molar refractivity (Wildman–Crippen MR) is 83.1 cm³/mol. The molecule has 0 radical (unpaired) electrons. The van der Waals surface area contributed by atoms with E-state index in [-0.39, 0.29) is 5.91 Å². The van der Waals surface area contributed by atoms with E-state index in [1.54, 1.807) is 12.1 Å². The minimum Gasteiger partial charge on any atom is -0.292 e. The Morgan fingerprint density at radius 3 is 2.43 bits per heavy atom. The molecule has 1 aromatic heterocycles. The van der Waals surface area contributed by atoms with Gasteiger partial charge in [0.25, 0.3) is 5.91 Å². The summed E-state index contributed by atoms with van der Waals surface area (Å²) in [7, 11) is 0. The molecule has 0 atom stereocenters. The second-order valence-corrected chi connectivity index (χ2v) is 7.03. The third kappa shape index (κ3) is 3.47. The van der Waals surface area contributed by atoms with Crippen LogP contribution in [-0.4, -0.2) is 10.5 Å². The quantitative estimate of drug-likeness (QED) is 0.812. The number of nitriles is 1. The van der Waals surface area contributed by atoms with Crippen molar-refractivity contribution in [3.63, 3.8) is 0 Å². The van der Waals surface area contributed by atoms with Gasteiger partial charge >= 0.3 is 0 Å². The summed E-state index contributed by atoms with van der Waals surface area (Å²) in [6.45, 7) is 7.54. The molecule has 0 saturated carbocycles. The average Bonchev–Trinajstić information content (AvgIpc) is 2.78. The largest absolute Gasteiger partial charge is 0.292 e. The minimum absolute atomic E-state index is 0.147. The van der Waals surface area contributed by atoms with Gasteiger partial charge in [-0.3, -0.25) is 9.36 Å². The van der Waals surface area contributed by atoms with E-state index in [0.717, 1.165) is 10.6 Å². The summed E-state index contributed by atoms with van der Waals surface area (Å²) >= 11 is 1.47. The van der Waals surface area contributed by atoms with E-state index in [1.165, 1.54) is 11.3 Å². The monoisotopic (exact) mass is 299 g/mol. The Morgan fingerprint density at radius 2 is 1.90 bits per heavy atom. The number of carbonyl (C=O) groups is 1. The molecule has 21 heavy (non-hydrogen) atoms. The highest BCUT2D eigenvalue weighted by Crippen LogP contribution is 2.16. The Balaban J connectivity index is 2.53. The maximum absolute atomic E-state index is 12.1. The van der Waals surface area contributed by atoms with Gasteiger partial charge in [-0.2, -0.15) is 10.3 Å². The van der Waals surface area contributed by atoms with Crippen molar-refractivity contribution in [1.82, 2.24) is 4.57 Å². The first-order valence-electron chi connectivity index (χ1n) is 6.60. The van der Waals surface area contributed by atoms with Gasteiger partial charge in [-0.25, -0.2) is 0 Å². The van der Waals surface area contributed by atoms with Gasteiger partial charge in [-0.1, -0.05) is 20.8 Å². The summed E-state index contributed by atoms with van der Waals surface area (Å²) in [5.41, 5.74) is 0.995. The van der Waals surface area contributed by atoms with Crippen LogP contribution in [0.3, 0.4) is 0 Å². The van der Waals surface area contributed by atoms with E-state index in [1.807, 2.05) is 50.6 Å². The van der Waals surface area contributed by atoms with Crippen LogP contribution in [0.1, 0.15) is 31.2 Å². The van der Waals surface area contributed by atoms with Crippen LogP contribution < -0.4 is 4.80 Å². The first-order chi connectivity index (χ1) is 9.81. The molecule has 0 aliphatic rings. The molecular weight excluding hydrogens is 282 g/mol. The van der Waals surface area contributed by atoms with Gasteiger partial charge in [0, 0.05) is 22.2 Å². The van der Waals surface area contributed by atoms with Crippen LogP contribution in [0, 0.1) is 23.7 Å². The molecule has 2 aromatic rings. The average molecular weight is 299 g/mol. The number of hydrogen-bond donors (Lipinski definition) is 0. The Labute approximate surface area is 128 Å². The summed E-state index contributed by atoms with van der Waals surface area (Å²) in [4.78, 5) is 18.1. The Morgan fingerprint density at radius 1 is 1.29 bits per heavy atom. The topological polar surface area (TPSA) is 58.1 Å². The molecule has 1 amide bonds. The fourth-order valence-electron chi connectivity index (χ4n) is 1.67. The highest BCUT2D eigenvalue weighted by Gasteiger charge is 2.20. The van der Waals surface area contributed by atoms with Crippen LogP contribution in [0.15, 0.2) is 35.5 Å². The maximum Gasteiger partial charge on any atom is 0.253 e. The Kier molecular flexibility index (Phi) is 4.10. The normalized spacial score (nSPS) is 12.2. The van der Waals surface area contributed by atoms with E-state index in [9.17, 15) is 4.79 Å². The molecule has 4 nitrogen and oxygen atoms in total. The Bertz CT molecular complexity index is 768. The van der Waals surface area contributed by atoms with Gasteiger partial charge in [0.1, 0.15) is 0 Å². The third-order valence-electron chi connectivity index (χ3n) is 2.88. The first kappa shape index (κ1) is 15.2. The molecule has 0 unspecified atom stereocenters. The van der Waals surface area contributed by atoms with E-state index in [0.29, 0.717) is 10.4 Å². The molecular formula is C16H17N3OS. The molecule has 2 rings (SSSR count). The van der Waals surface area contributed by atoms with E-state index >= 15 is 0 Å². The van der Waals surface area contributed by atoms with Gasteiger partial charge in [0.2, 0.25) is 0 Å². The highest BCUT2D eigenvalue weighted by molar-refractivity contribution is 7.09. The lowest BCUT2D eigenvalue weighted by atomic mass is 9.96. The van der Waals surface area contributed by atoms with Crippen LogP contribution in [0.2, 0.25) is 0 Å². The van der Waals surface area contributed by atoms with Gasteiger partial charge in [-0.05, 0) is 31.2 Å². The van der Waals surface area contributed by atoms with Crippen molar-refractivity contribution >= 4 is 17.2 Å². The minimum atomic E-state index is -0.500. The molecule has 0 spiro atoms. The summed E-state index contributed by atoms with van der Waals surface area (Å²) in [5, 5.41) is 8.85. The first-order valence-corrected chi connectivity index (χ1v) is 7.42. The van der Waals surface area contributed by atoms with E-state index in [2.05, 4.69) is 11.1 Å². The molecule has 0 aliphatic heterocycles. The predicted octanol–water partition coefficient (Wildman–Crippen LogP) is 3.19. The van der Waals surface area contributed by atoms with Crippen LogP contribution >= 0.6 is 11.3 Å². The van der Waals surface area contributed by atoms with Crippen molar-refractivity contribution in [1.29, 1.82) is 5.26 Å². The zero-order valence-corrected chi connectivity index (χ0v) is 13.4. The highest BCUT2D eigenvalue weighted by atomic mass is 32.1.